The molecule has 0 unspecified atom stereocenters. The van der Waals surface area contributed by atoms with Gasteiger partial charge in [-0.3, -0.25) is 15.2 Å². The Morgan fingerprint density at radius 1 is 1.19 bits per heavy atom. The summed E-state index contributed by atoms with van der Waals surface area (Å²) < 4.78 is 5.42. The second kappa shape index (κ2) is 8.33. The molecule has 11 heteroatoms. The summed E-state index contributed by atoms with van der Waals surface area (Å²) in [6.45, 7) is 7.06. The second-order valence-corrected chi connectivity index (χ2v) is 8.55. The minimum absolute atomic E-state index is 0.0773. The van der Waals surface area contributed by atoms with Crippen LogP contribution in [0.2, 0.25) is 0 Å². The predicted octanol–water partition coefficient (Wildman–Crippen LogP) is 3.67. The van der Waals surface area contributed by atoms with E-state index in [0.717, 1.165) is 16.6 Å². The van der Waals surface area contributed by atoms with Gasteiger partial charge in [-0.05, 0) is 45.0 Å². The number of pyridine rings is 1. The number of piperazine rings is 1. The molecule has 0 radical (unpaired) electrons. The van der Waals surface area contributed by atoms with Crippen LogP contribution in [0.4, 0.5) is 27.8 Å². The molecule has 0 saturated carbocycles. The van der Waals surface area contributed by atoms with Gasteiger partial charge in [-0.1, -0.05) is 0 Å². The first-order valence-corrected chi connectivity index (χ1v) is 10.3. The van der Waals surface area contributed by atoms with Gasteiger partial charge in [0.25, 0.3) is 0 Å². The van der Waals surface area contributed by atoms with E-state index in [-0.39, 0.29) is 17.6 Å². The van der Waals surface area contributed by atoms with Gasteiger partial charge in [0, 0.05) is 43.3 Å². The molecule has 2 aromatic heterocycles. The number of carbonyl (C=O) groups is 1. The lowest BCUT2D eigenvalue weighted by molar-refractivity contribution is -0.384. The van der Waals surface area contributed by atoms with Crippen LogP contribution < -0.4 is 10.2 Å². The molecule has 0 atom stereocenters. The largest absolute Gasteiger partial charge is 0.444 e. The first kappa shape index (κ1) is 21.3. The second-order valence-electron chi connectivity index (χ2n) is 8.55. The van der Waals surface area contributed by atoms with Crippen molar-refractivity contribution in [3.63, 3.8) is 0 Å². The van der Waals surface area contributed by atoms with Crippen LogP contribution in [-0.2, 0) is 4.74 Å². The summed E-state index contributed by atoms with van der Waals surface area (Å²) in [7, 11) is 0. The molecule has 1 aliphatic rings. The third-order valence-electron chi connectivity index (χ3n) is 4.99. The number of nitrogens with one attached hydrogen (secondary N) is 2. The molecule has 32 heavy (non-hydrogen) atoms. The van der Waals surface area contributed by atoms with Crippen molar-refractivity contribution in [2.45, 2.75) is 26.4 Å². The molecular weight excluding hydrogens is 414 g/mol. The molecule has 3 aromatic rings. The molecule has 0 aliphatic carbocycles. The van der Waals surface area contributed by atoms with Crippen molar-refractivity contribution in [2.24, 2.45) is 0 Å². The van der Waals surface area contributed by atoms with Crippen LogP contribution in [0.15, 0.2) is 36.5 Å². The smallest absolute Gasteiger partial charge is 0.410 e. The van der Waals surface area contributed by atoms with E-state index in [1.165, 1.54) is 6.07 Å². The van der Waals surface area contributed by atoms with E-state index >= 15 is 0 Å². The number of fused-ring (bicyclic) bond motifs is 1. The number of aromatic nitrogens is 3. The Kier molecular flexibility index (Phi) is 5.56. The number of carbonyl (C=O) groups excluding carboxylic acids is 1. The molecule has 1 fully saturated rings. The van der Waals surface area contributed by atoms with Gasteiger partial charge in [-0.25, -0.2) is 9.78 Å². The zero-order chi connectivity index (χ0) is 22.9. The summed E-state index contributed by atoms with van der Waals surface area (Å²) in [5.74, 6) is 0.760. The van der Waals surface area contributed by atoms with Crippen LogP contribution in [0.25, 0.3) is 10.9 Å². The van der Waals surface area contributed by atoms with E-state index in [1.807, 2.05) is 43.9 Å². The summed E-state index contributed by atoms with van der Waals surface area (Å²) in [5, 5.41) is 22.6. The molecule has 1 amide bonds. The Morgan fingerprint density at radius 3 is 2.62 bits per heavy atom. The van der Waals surface area contributed by atoms with Crippen molar-refractivity contribution in [2.75, 3.05) is 36.4 Å². The number of amides is 1. The Labute approximate surface area is 184 Å². The summed E-state index contributed by atoms with van der Waals surface area (Å²) in [6, 6.07) is 8.72. The number of hydrogen-bond acceptors (Lipinski definition) is 8. The van der Waals surface area contributed by atoms with Gasteiger partial charge in [0.05, 0.1) is 16.6 Å². The standard InChI is InChI=1S/C21H25N7O4/c1-21(2,3)32-20(29)27-10-8-26(9-11-27)19-17(28(30)31)6-7-18(24-19)23-15-4-5-16-14(12-15)13-22-25-16/h4-7,12-13H,8-11H2,1-3H3,(H,22,25)(H,23,24). The monoisotopic (exact) mass is 439 g/mol. The Hall–Kier alpha value is -3.89. The molecule has 0 bridgehead atoms. The fourth-order valence-corrected chi connectivity index (χ4v) is 3.48. The van der Waals surface area contributed by atoms with Gasteiger partial charge >= 0.3 is 11.8 Å². The average molecular weight is 439 g/mol. The highest BCUT2D eigenvalue weighted by atomic mass is 16.6. The van der Waals surface area contributed by atoms with Gasteiger partial charge in [-0.2, -0.15) is 5.10 Å². The number of rotatable bonds is 4. The van der Waals surface area contributed by atoms with Crippen LogP contribution in [0.3, 0.4) is 0 Å². The lowest BCUT2D eigenvalue weighted by Gasteiger charge is -2.36. The Balaban J connectivity index is 1.51. The molecule has 11 nitrogen and oxygen atoms in total. The maximum atomic E-state index is 12.3. The molecule has 3 heterocycles. The van der Waals surface area contributed by atoms with Gasteiger partial charge in [0.2, 0.25) is 5.82 Å². The number of nitrogens with zero attached hydrogens (tertiary/aromatic N) is 5. The summed E-state index contributed by atoms with van der Waals surface area (Å²) in [6.07, 6.45) is 1.34. The first-order valence-electron chi connectivity index (χ1n) is 10.3. The van der Waals surface area contributed by atoms with Crippen molar-refractivity contribution in [1.82, 2.24) is 20.1 Å². The molecule has 1 aliphatic heterocycles. The highest BCUT2D eigenvalue weighted by Gasteiger charge is 2.29. The molecule has 1 aromatic carbocycles. The number of ether oxygens (including phenoxy) is 1. The number of anilines is 3. The van der Waals surface area contributed by atoms with Crippen LogP contribution in [0, 0.1) is 10.1 Å². The molecule has 2 N–H and O–H groups in total. The minimum Gasteiger partial charge on any atom is -0.444 e. The highest BCUT2D eigenvalue weighted by molar-refractivity contribution is 5.82. The van der Waals surface area contributed by atoms with Gasteiger partial charge in [-0.15, -0.1) is 0 Å². The topological polar surface area (TPSA) is 130 Å². The lowest BCUT2D eigenvalue weighted by Crippen LogP contribution is -2.50. The number of H-pyrrole nitrogens is 1. The number of benzene rings is 1. The van der Waals surface area contributed by atoms with Crippen molar-refractivity contribution >= 4 is 40.0 Å². The maximum Gasteiger partial charge on any atom is 0.410 e. The average Bonchev–Trinajstić information content (AvgIpc) is 3.20. The van der Waals surface area contributed by atoms with Gasteiger partial charge < -0.3 is 19.9 Å². The van der Waals surface area contributed by atoms with Crippen molar-refractivity contribution in [3.05, 3.63) is 46.6 Å². The summed E-state index contributed by atoms with van der Waals surface area (Å²) in [4.78, 5) is 31.4. The van der Waals surface area contributed by atoms with E-state index in [9.17, 15) is 14.9 Å². The molecular formula is C21H25N7O4. The minimum atomic E-state index is -0.575. The van der Waals surface area contributed by atoms with E-state index in [2.05, 4.69) is 20.5 Å². The number of aromatic amines is 1. The third-order valence-corrected chi connectivity index (χ3v) is 4.99. The van der Waals surface area contributed by atoms with Crippen LogP contribution in [0.1, 0.15) is 20.8 Å². The highest BCUT2D eigenvalue weighted by Crippen LogP contribution is 2.30. The van der Waals surface area contributed by atoms with E-state index < -0.39 is 10.5 Å². The lowest BCUT2D eigenvalue weighted by atomic mass is 10.2. The van der Waals surface area contributed by atoms with Crippen molar-refractivity contribution in [3.8, 4) is 0 Å². The van der Waals surface area contributed by atoms with Crippen LogP contribution >= 0.6 is 0 Å². The molecule has 168 valence electrons. The normalized spacial score (nSPS) is 14.5. The SMILES string of the molecule is CC(C)(C)OC(=O)N1CCN(c2nc(Nc3ccc4[nH]ncc4c3)ccc2[N+](=O)[O-])CC1. The number of nitro groups is 1. The molecule has 1 saturated heterocycles. The quantitative estimate of drug-likeness (QED) is 0.465. The number of hydrogen-bond donors (Lipinski definition) is 2. The third kappa shape index (κ3) is 4.71. The van der Waals surface area contributed by atoms with Crippen molar-refractivity contribution < 1.29 is 14.5 Å². The Bertz CT molecular complexity index is 1150. The summed E-state index contributed by atoms with van der Waals surface area (Å²) >= 11 is 0. The van der Waals surface area contributed by atoms with E-state index in [1.54, 1.807) is 17.2 Å². The van der Waals surface area contributed by atoms with E-state index in [0.29, 0.717) is 32.0 Å². The van der Waals surface area contributed by atoms with Gasteiger partial charge in [0.1, 0.15) is 11.4 Å². The fraction of sp³-hybridized carbons (Fsp3) is 0.381. The van der Waals surface area contributed by atoms with Crippen molar-refractivity contribution in [1.29, 1.82) is 0 Å². The summed E-state index contributed by atoms with van der Waals surface area (Å²) in [5.41, 5.74) is 1.05. The maximum absolute atomic E-state index is 12.3. The molecule has 0 spiro atoms. The fourth-order valence-electron chi connectivity index (χ4n) is 3.48. The zero-order valence-corrected chi connectivity index (χ0v) is 18.2. The molecule has 4 rings (SSSR count). The predicted molar refractivity (Wildman–Crippen MR) is 120 cm³/mol. The first-order chi connectivity index (χ1) is 15.2. The van der Waals surface area contributed by atoms with E-state index in [4.69, 9.17) is 4.74 Å². The van der Waals surface area contributed by atoms with Gasteiger partial charge in [0.15, 0.2) is 0 Å². The Morgan fingerprint density at radius 2 is 1.94 bits per heavy atom. The zero-order valence-electron chi connectivity index (χ0n) is 18.2. The van der Waals surface area contributed by atoms with Crippen LogP contribution in [-0.4, -0.2) is 62.9 Å². The van der Waals surface area contributed by atoms with Crippen LogP contribution in [0.5, 0.6) is 0 Å².